The van der Waals surface area contributed by atoms with Crippen LogP contribution < -0.4 is 10.3 Å². The van der Waals surface area contributed by atoms with Crippen molar-refractivity contribution in [1.29, 1.82) is 0 Å². The molecule has 3 aromatic heterocycles. The quantitative estimate of drug-likeness (QED) is 0.445. The molecule has 4 rings (SSSR count). The van der Waals surface area contributed by atoms with Crippen molar-refractivity contribution < 1.29 is 4.74 Å². The zero-order chi connectivity index (χ0) is 20.4. The van der Waals surface area contributed by atoms with Crippen molar-refractivity contribution >= 4 is 33.3 Å². The highest BCUT2D eigenvalue weighted by molar-refractivity contribution is 7.98. The minimum absolute atomic E-state index is 0.0943. The Labute approximate surface area is 176 Å². The van der Waals surface area contributed by atoms with Crippen molar-refractivity contribution in [3.05, 3.63) is 51.9 Å². The van der Waals surface area contributed by atoms with Gasteiger partial charge in [-0.15, -0.1) is 21.5 Å². The first-order valence-electron chi connectivity index (χ1n) is 9.22. The number of H-pyrrole nitrogens is 1. The Morgan fingerprint density at radius 2 is 2.00 bits per heavy atom. The Balaban J connectivity index is 1.62. The zero-order valence-corrected chi connectivity index (χ0v) is 18.0. The molecule has 0 radical (unpaired) electrons. The summed E-state index contributed by atoms with van der Waals surface area (Å²) in [6.07, 6.45) is 0. The number of methoxy groups -OCH3 is 1. The van der Waals surface area contributed by atoms with Gasteiger partial charge in [0.2, 0.25) is 0 Å². The maximum absolute atomic E-state index is 12.2. The number of thioether (sulfide) groups is 1. The lowest BCUT2D eigenvalue weighted by atomic mass is 10.2. The summed E-state index contributed by atoms with van der Waals surface area (Å²) >= 11 is 2.92. The number of aromatic amines is 1. The van der Waals surface area contributed by atoms with Gasteiger partial charge in [-0.1, -0.05) is 25.6 Å². The van der Waals surface area contributed by atoms with Crippen LogP contribution in [0.15, 0.2) is 45.7 Å². The second-order valence-electron chi connectivity index (χ2n) is 6.98. The third kappa shape index (κ3) is 4.20. The average Bonchev–Trinajstić information content (AvgIpc) is 3.33. The van der Waals surface area contributed by atoms with Gasteiger partial charge >= 0.3 is 0 Å². The topological polar surface area (TPSA) is 85.7 Å². The van der Waals surface area contributed by atoms with Crippen molar-refractivity contribution in [2.75, 3.05) is 7.11 Å². The molecule has 4 aromatic rings. The number of hydrogen-bond donors (Lipinski definition) is 1. The molecule has 29 heavy (non-hydrogen) atoms. The molecule has 9 heteroatoms. The molecule has 0 saturated heterocycles. The van der Waals surface area contributed by atoms with Gasteiger partial charge in [-0.05, 0) is 41.6 Å². The molecule has 7 nitrogen and oxygen atoms in total. The van der Waals surface area contributed by atoms with E-state index in [0.717, 1.165) is 34.4 Å². The molecule has 0 aliphatic rings. The molecule has 1 aromatic carbocycles. The average molecular weight is 428 g/mol. The van der Waals surface area contributed by atoms with Crippen LogP contribution in [-0.2, 0) is 12.3 Å². The van der Waals surface area contributed by atoms with Gasteiger partial charge < -0.3 is 14.3 Å². The van der Waals surface area contributed by atoms with E-state index < -0.39 is 0 Å². The first kappa shape index (κ1) is 19.7. The van der Waals surface area contributed by atoms with Crippen molar-refractivity contribution in [3.8, 4) is 17.1 Å². The number of aromatic nitrogens is 5. The highest BCUT2D eigenvalue weighted by Crippen LogP contribution is 2.28. The van der Waals surface area contributed by atoms with Crippen LogP contribution in [-0.4, -0.2) is 31.8 Å². The second-order valence-corrected chi connectivity index (χ2v) is 8.83. The van der Waals surface area contributed by atoms with E-state index in [0.29, 0.717) is 22.2 Å². The molecular formula is C20H21N5O2S2. The smallest absolute Gasteiger partial charge is 0.268 e. The van der Waals surface area contributed by atoms with E-state index in [1.54, 1.807) is 7.11 Å². The first-order valence-corrected chi connectivity index (χ1v) is 11.1. The van der Waals surface area contributed by atoms with Crippen LogP contribution in [0.3, 0.4) is 0 Å². The van der Waals surface area contributed by atoms with Gasteiger partial charge in [0.15, 0.2) is 11.0 Å². The Hall–Kier alpha value is -2.65. The van der Waals surface area contributed by atoms with Crippen molar-refractivity contribution in [2.45, 2.75) is 31.3 Å². The van der Waals surface area contributed by atoms with Crippen LogP contribution >= 0.6 is 23.1 Å². The predicted molar refractivity (Wildman–Crippen MR) is 117 cm³/mol. The van der Waals surface area contributed by atoms with Gasteiger partial charge in [-0.3, -0.25) is 4.79 Å². The number of hydrogen-bond acceptors (Lipinski definition) is 7. The van der Waals surface area contributed by atoms with Gasteiger partial charge in [0.1, 0.15) is 16.3 Å². The summed E-state index contributed by atoms with van der Waals surface area (Å²) < 4.78 is 8.02. The maximum atomic E-state index is 12.2. The van der Waals surface area contributed by atoms with Crippen LogP contribution in [0, 0.1) is 5.92 Å². The van der Waals surface area contributed by atoms with E-state index >= 15 is 0 Å². The first-order chi connectivity index (χ1) is 14.0. The third-order valence-corrected chi connectivity index (χ3v) is 6.20. The Kier molecular flexibility index (Phi) is 5.68. The Morgan fingerprint density at radius 1 is 1.21 bits per heavy atom. The normalized spacial score (nSPS) is 11.4. The van der Waals surface area contributed by atoms with E-state index in [9.17, 15) is 4.79 Å². The summed E-state index contributed by atoms with van der Waals surface area (Å²) in [5.74, 6) is 3.20. The largest absolute Gasteiger partial charge is 0.497 e. The summed E-state index contributed by atoms with van der Waals surface area (Å²) in [5, 5.41) is 11.5. The van der Waals surface area contributed by atoms with Crippen molar-refractivity contribution in [2.24, 2.45) is 5.92 Å². The van der Waals surface area contributed by atoms with E-state index in [1.165, 1.54) is 23.1 Å². The van der Waals surface area contributed by atoms with Gasteiger partial charge in [0.25, 0.3) is 5.56 Å². The van der Waals surface area contributed by atoms with Gasteiger partial charge in [0.05, 0.1) is 18.4 Å². The summed E-state index contributed by atoms with van der Waals surface area (Å²) in [4.78, 5) is 19.6. The lowest BCUT2D eigenvalue weighted by Crippen LogP contribution is -2.10. The monoisotopic (exact) mass is 427 g/mol. The van der Waals surface area contributed by atoms with E-state index in [1.807, 2.05) is 35.7 Å². The molecular weight excluding hydrogens is 406 g/mol. The predicted octanol–water partition coefficient (Wildman–Crippen LogP) is 4.20. The molecule has 3 heterocycles. The number of ether oxygens (including phenoxy) is 1. The highest BCUT2D eigenvalue weighted by atomic mass is 32.2. The number of thiophene rings is 1. The highest BCUT2D eigenvalue weighted by Gasteiger charge is 2.16. The summed E-state index contributed by atoms with van der Waals surface area (Å²) in [6.45, 7) is 5.12. The maximum Gasteiger partial charge on any atom is 0.268 e. The van der Waals surface area contributed by atoms with E-state index in [2.05, 4.69) is 38.6 Å². The fourth-order valence-electron chi connectivity index (χ4n) is 3.00. The van der Waals surface area contributed by atoms with Crippen molar-refractivity contribution in [1.82, 2.24) is 24.7 Å². The minimum Gasteiger partial charge on any atom is -0.497 e. The Bertz CT molecular complexity index is 1180. The number of nitrogens with one attached hydrogen (secondary N) is 1. The van der Waals surface area contributed by atoms with Crippen LogP contribution in [0.4, 0.5) is 0 Å². The molecule has 0 unspecified atom stereocenters. The number of nitrogens with zero attached hydrogens (tertiary/aromatic N) is 4. The van der Waals surface area contributed by atoms with Gasteiger partial charge in [-0.25, -0.2) is 4.98 Å². The van der Waals surface area contributed by atoms with E-state index in [-0.39, 0.29) is 5.56 Å². The standard InChI is InChI=1S/C20H21N5O2S2/c1-12(2)10-25-18(13-4-6-14(27-3)7-5-13)23-24-20(25)29-11-16-21-15-8-9-28-17(15)19(26)22-16/h4-9,12H,10-11H2,1-3H3,(H,21,22,26). The molecule has 1 N–H and O–H groups in total. The van der Waals surface area contributed by atoms with Crippen LogP contribution in [0.5, 0.6) is 5.75 Å². The molecule has 0 fully saturated rings. The SMILES string of the molecule is COc1ccc(-c2nnc(SCc3nc4ccsc4c(=O)[nH]3)n2CC(C)C)cc1. The molecule has 150 valence electrons. The molecule has 0 saturated carbocycles. The van der Waals surface area contributed by atoms with E-state index in [4.69, 9.17) is 4.74 Å². The minimum atomic E-state index is -0.0943. The van der Waals surface area contributed by atoms with Crippen LogP contribution in [0.2, 0.25) is 0 Å². The molecule has 0 amide bonds. The van der Waals surface area contributed by atoms with Crippen LogP contribution in [0.1, 0.15) is 19.7 Å². The molecule has 0 spiro atoms. The molecule has 0 bridgehead atoms. The van der Waals surface area contributed by atoms with Gasteiger partial charge in [-0.2, -0.15) is 0 Å². The number of fused-ring (bicyclic) bond motifs is 1. The third-order valence-electron chi connectivity index (χ3n) is 4.31. The fraction of sp³-hybridized carbons (Fsp3) is 0.300. The number of rotatable bonds is 7. The zero-order valence-electron chi connectivity index (χ0n) is 16.4. The van der Waals surface area contributed by atoms with Crippen LogP contribution in [0.25, 0.3) is 21.6 Å². The van der Waals surface area contributed by atoms with Gasteiger partial charge in [0, 0.05) is 12.1 Å². The summed E-state index contributed by atoms with van der Waals surface area (Å²) in [7, 11) is 1.65. The second kappa shape index (κ2) is 8.38. The number of benzene rings is 1. The molecule has 0 aliphatic carbocycles. The molecule has 0 aliphatic heterocycles. The summed E-state index contributed by atoms with van der Waals surface area (Å²) in [5.41, 5.74) is 1.62. The lowest BCUT2D eigenvalue weighted by Gasteiger charge is -2.12. The fourth-order valence-corrected chi connectivity index (χ4v) is 4.55. The van der Waals surface area contributed by atoms with Crippen molar-refractivity contribution in [3.63, 3.8) is 0 Å². The molecule has 0 atom stereocenters. The Morgan fingerprint density at radius 3 is 2.72 bits per heavy atom. The summed E-state index contributed by atoms with van der Waals surface area (Å²) in [6, 6.07) is 9.67. The lowest BCUT2D eigenvalue weighted by molar-refractivity contribution is 0.415.